The molecule has 0 amide bonds. The zero-order valence-corrected chi connectivity index (χ0v) is 12.4. The van der Waals surface area contributed by atoms with Gasteiger partial charge in [-0.1, -0.05) is 48.0 Å². The van der Waals surface area contributed by atoms with Crippen molar-refractivity contribution in [1.82, 2.24) is 15.0 Å². The lowest BCUT2D eigenvalue weighted by atomic mass is 10.1. The Bertz CT molecular complexity index is 743. The molecule has 0 fully saturated rings. The Kier molecular flexibility index (Phi) is 3.93. The van der Waals surface area contributed by atoms with Gasteiger partial charge in [-0.2, -0.15) is 0 Å². The van der Waals surface area contributed by atoms with Gasteiger partial charge in [-0.25, -0.2) is 9.97 Å². The van der Waals surface area contributed by atoms with E-state index in [4.69, 9.17) is 11.6 Å². The fourth-order valence-electron chi connectivity index (χ4n) is 2.17. The largest absolute Gasteiger partial charge is 0.264 e. The third kappa shape index (κ3) is 3.09. The summed E-state index contributed by atoms with van der Waals surface area (Å²) in [4.78, 5) is 13.2. The van der Waals surface area contributed by atoms with Crippen LogP contribution in [-0.2, 0) is 6.42 Å². The van der Waals surface area contributed by atoms with Gasteiger partial charge in [0.05, 0.1) is 5.69 Å². The van der Waals surface area contributed by atoms with Crippen molar-refractivity contribution >= 4 is 11.6 Å². The SMILES string of the molecule is Cc1c(Cl)nc(Cc2cccnc2)nc1-c1ccccc1. The molecule has 3 rings (SSSR count). The fraction of sp³-hybridized carbons (Fsp3) is 0.118. The van der Waals surface area contributed by atoms with E-state index in [9.17, 15) is 0 Å². The molecular weight excluding hydrogens is 282 g/mol. The van der Waals surface area contributed by atoms with Crippen LogP contribution in [0.1, 0.15) is 17.0 Å². The van der Waals surface area contributed by atoms with Crippen molar-refractivity contribution in [3.05, 3.63) is 77.0 Å². The predicted octanol–water partition coefficient (Wildman–Crippen LogP) is 4.09. The highest BCUT2D eigenvalue weighted by Crippen LogP contribution is 2.25. The van der Waals surface area contributed by atoms with Crippen LogP contribution in [0.5, 0.6) is 0 Å². The zero-order chi connectivity index (χ0) is 14.7. The molecule has 0 unspecified atom stereocenters. The standard InChI is InChI=1S/C17H14ClN3/c1-12-16(14-7-3-2-4-8-14)20-15(21-17(12)18)10-13-6-5-9-19-11-13/h2-9,11H,10H2,1H3. The molecule has 0 saturated heterocycles. The first-order valence-electron chi connectivity index (χ1n) is 6.71. The lowest BCUT2D eigenvalue weighted by Gasteiger charge is -2.09. The second-order valence-corrected chi connectivity index (χ2v) is 5.17. The minimum Gasteiger partial charge on any atom is -0.264 e. The molecule has 0 atom stereocenters. The molecule has 2 aromatic heterocycles. The van der Waals surface area contributed by atoms with Crippen LogP contribution in [0.2, 0.25) is 5.15 Å². The summed E-state index contributed by atoms with van der Waals surface area (Å²) >= 11 is 6.27. The van der Waals surface area contributed by atoms with Gasteiger partial charge in [0.25, 0.3) is 0 Å². The summed E-state index contributed by atoms with van der Waals surface area (Å²) in [5.41, 5.74) is 3.90. The minimum absolute atomic E-state index is 0.503. The molecule has 21 heavy (non-hydrogen) atoms. The summed E-state index contributed by atoms with van der Waals surface area (Å²) in [6.45, 7) is 1.94. The average Bonchev–Trinajstić information content (AvgIpc) is 2.52. The lowest BCUT2D eigenvalue weighted by molar-refractivity contribution is 0.955. The molecule has 0 spiro atoms. The molecule has 0 aliphatic rings. The molecule has 2 heterocycles. The maximum atomic E-state index is 6.27. The van der Waals surface area contributed by atoms with Crippen molar-refractivity contribution in [3.63, 3.8) is 0 Å². The van der Waals surface area contributed by atoms with E-state index in [1.807, 2.05) is 55.6 Å². The topological polar surface area (TPSA) is 38.7 Å². The highest BCUT2D eigenvalue weighted by molar-refractivity contribution is 6.30. The van der Waals surface area contributed by atoms with Crippen LogP contribution < -0.4 is 0 Å². The summed E-state index contributed by atoms with van der Waals surface area (Å²) in [7, 11) is 0. The maximum absolute atomic E-state index is 6.27. The van der Waals surface area contributed by atoms with Gasteiger partial charge in [-0.15, -0.1) is 0 Å². The Hall–Kier alpha value is -2.26. The number of benzene rings is 1. The number of nitrogens with zero attached hydrogens (tertiary/aromatic N) is 3. The van der Waals surface area contributed by atoms with Crippen molar-refractivity contribution in [2.24, 2.45) is 0 Å². The second-order valence-electron chi connectivity index (χ2n) is 4.81. The molecular formula is C17H14ClN3. The average molecular weight is 296 g/mol. The molecule has 3 aromatic rings. The van der Waals surface area contributed by atoms with Crippen molar-refractivity contribution in [2.75, 3.05) is 0 Å². The van der Waals surface area contributed by atoms with Gasteiger partial charge in [-0.05, 0) is 18.6 Å². The predicted molar refractivity (Wildman–Crippen MR) is 84.3 cm³/mol. The minimum atomic E-state index is 0.503. The monoisotopic (exact) mass is 295 g/mol. The molecule has 104 valence electrons. The molecule has 0 bridgehead atoms. The molecule has 0 aliphatic heterocycles. The first kappa shape index (κ1) is 13.7. The Morgan fingerprint density at radius 1 is 1.00 bits per heavy atom. The first-order valence-corrected chi connectivity index (χ1v) is 7.09. The molecule has 0 N–H and O–H groups in total. The van der Waals surface area contributed by atoms with Gasteiger partial charge in [0.15, 0.2) is 0 Å². The van der Waals surface area contributed by atoms with Gasteiger partial charge < -0.3 is 0 Å². The Morgan fingerprint density at radius 2 is 1.81 bits per heavy atom. The molecule has 1 aromatic carbocycles. The summed E-state index contributed by atoms with van der Waals surface area (Å²) < 4.78 is 0. The van der Waals surface area contributed by atoms with E-state index >= 15 is 0 Å². The second kappa shape index (κ2) is 6.02. The quantitative estimate of drug-likeness (QED) is 0.683. The molecule has 0 saturated carbocycles. The van der Waals surface area contributed by atoms with Crippen LogP contribution in [0.3, 0.4) is 0 Å². The van der Waals surface area contributed by atoms with Crippen molar-refractivity contribution in [3.8, 4) is 11.3 Å². The zero-order valence-electron chi connectivity index (χ0n) is 11.6. The van der Waals surface area contributed by atoms with Crippen LogP contribution in [0.25, 0.3) is 11.3 Å². The van der Waals surface area contributed by atoms with Crippen molar-refractivity contribution in [2.45, 2.75) is 13.3 Å². The maximum Gasteiger partial charge on any atom is 0.136 e. The van der Waals surface area contributed by atoms with Gasteiger partial charge in [0, 0.05) is 29.9 Å². The van der Waals surface area contributed by atoms with Crippen LogP contribution in [-0.4, -0.2) is 15.0 Å². The van der Waals surface area contributed by atoms with Crippen LogP contribution in [0, 0.1) is 6.92 Å². The van der Waals surface area contributed by atoms with Crippen molar-refractivity contribution in [1.29, 1.82) is 0 Å². The van der Waals surface area contributed by atoms with Crippen LogP contribution in [0.4, 0.5) is 0 Å². The van der Waals surface area contributed by atoms with E-state index in [-0.39, 0.29) is 0 Å². The summed E-state index contributed by atoms with van der Waals surface area (Å²) in [6, 6.07) is 13.9. The Morgan fingerprint density at radius 3 is 2.52 bits per heavy atom. The van der Waals surface area contributed by atoms with Crippen LogP contribution in [0.15, 0.2) is 54.9 Å². The smallest absolute Gasteiger partial charge is 0.136 e. The molecule has 4 heteroatoms. The number of rotatable bonds is 3. The number of aromatic nitrogens is 3. The summed E-state index contributed by atoms with van der Waals surface area (Å²) in [5.74, 6) is 0.706. The molecule has 3 nitrogen and oxygen atoms in total. The van der Waals surface area contributed by atoms with E-state index in [1.165, 1.54) is 0 Å². The van der Waals surface area contributed by atoms with Gasteiger partial charge in [-0.3, -0.25) is 4.98 Å². The number of halogens is 1. The molecule has 0 aliphatic carbocycles. The third-order valence-corrected chi connectivity index (χ3v) is 3.63. The number of hydrogen-bond acceptors (Lipinski definition) is 3. The fourth-order valence-corrected chi connectivity index (χ4v) is 2.36. The normalized spacial score (nSPS) is 10.6. The first-order chi connectivity index (χ1) is 10.2. The van der Waals surface area contributed by atoms with Gasteiger partial charge >= 0.3 is 0 Å². The summed E-state index contributed by atoms with van der Waals surface area (Å²) in [6.07, 6.45) is 4.19. The highest BCUT2D eigenvalue weighted by atomic mass is 35.5. The number of pyridine rings is 1. The van der Waals surface area contributed by atoms with Gasteiger partial charge in [0.1, 0.15) is 11.0 Å². The third-order valence-electron chi connectivity index (χ3n) is 3.26. The summed E-state index contributed by atoms with van der Waals surface area (Å²) in [5, 5.41) is 0.503. The van der Waals surface area contributed by atoms with E-state index < -0.39 is 0 Å². The van der Waals surface area contributed by atoms with Crippen LogP contribution >= 0.6 is 11.6 Å². The molecule has 0 radical (unpaired) electrons. The van der Waals surface area contributed by atoms with E-state index in [0.29, 0.717) is 17.4 Å². The van der Waals surface area contributed by atoms with E-state index in [2.05, 4.69) is 15.0 Å². The number of hydrogen-bond donors (Lipinski definition) is 0. The van der Waals surface area contributed by atoms with Crippen molar-refractivity contribution < 1.29 is 0 Å². The highest BCUT2D eigenvalue weighted by Gasteiger charge is 2.11. The van der Waals surface area contributed by atoms with E-state index in [1.54, 1.807) is 6.20 Å². The Labute approximate surface area is 128 Å². The Balaban J connectivity index is 2.02. The lowest BCUT2D eigenvalue weighted by Crippen LogP contribution is -2.02. The van der Waals surface area contributed by atoms with Gasteiger partial charge in [0.2, 0.25) is 0 Å². The van der Waals surface area contributed by atoms with E-state index in [0.717, 1.165) is 22.4 Å².